The molecule has 0 spiro atoms. The lowest BCUT2D eigenvalue weighted by Gasteiger charge is -2.23. The van der Waals surface area contributed by atoms with E-state index in [1.54, 1.807) is 0 Å². The Labute approximate surface area is 71.9 Å². The molecule has 0 aromatic heterocycles. The number of cyclic esters (lactones) is 1. The lowest BCUT2D eigenvalue weighted by Crippen LogP contribution is -2.38. The number of amides is 1. The maximum absolute atomic E-state index is 10.8. The van der Waals surface area contributed by atoms with Crippen LogP contribution in [0.3, 0.4) is 0 Å². The van der Waals surface area contributed by atoms with E-state index in [0.29, 0.717) is 12.6 Å². The number of ether oxygens (including phenoxy) is 1. The summed E-state index contributed by atoms with van der Waals surface area (Å²) in [7, 11) is 2.09. The Balaban J connectivity index is 1.95. The molecule has 2 saturated heterocycles. The molecule has 0 bridgehead atoms. The normalized spacial score (nSPS) is 36.6. The van der Waals surface area contributed by atoms with Crippen LogP contribution in [0.25, 0.3) is 0 Å². The molecule has 1 N–H and O–H groups in total. The third kappa shape index (κ3) is 1.27. The van der Waals surface area contributed by atoms with Gasteiger partial charge in [-0.3, -0.25) is 4.90 Å². The minimum Gasteiger partial charge on any atom is -0.443 e. The second-order valence-electron chi connectivity index (χ2n) is 3.51. The lowest BCUT2D eigenvalue weighted by atomic mass is 10.1. The van der Waals surface area contributed by atoms with Crippen LogP contribution in [0.2, 0.25) is 0 Å². The average molecular weight is 170 g/mol. The van der Waals surface area contributed by atoms with Crippen molar-refractivity contribution in [2.24, 2.45) is 0 Å². The van der Waals surface area contributed by atoms with Gasteiger partial charge in [0.15, 0.2) is 0 Å². The summed E-state index contributed by atoms with van der Waals surface area (Å²) in [5.74, 6) is 0. The van der Waals surface area contributed by atoms with E-state index in [-0.39, 0.29) is 12.2 Å². The molecule has 0 aromatic rings. The Kier molecular flexibility index (Phi) is 1.92. The summed E-state index contributed by atoms with van der Waals surface area (Å²) in [6.07, 6.45) is 2.18. The van der Waals surface area contributed by atoms with Gasteiger partial charge >= 0.3 is 6.09 Å². The number of alkyl carbamates (subject to hydrolysis) is 1. The molecule has 2 rings (SSSR count). The Morgan fingerprint density at radius 1 is 1.67 bits per heavy atom. The predicted octanol–water partition coefficient (Wildman–Crippen LogP) is 0.189. The van der Waals surface area contributed by atoms with Crippen molar-refractivity contribution in [3.8, 4) is 0 Å². The van der Waals surface area contributed by atoms with E-state index in [4.69, 9.17) is 4.74 Å². The van der Waals surface area contributed by atoms with E-state index in [2.05, 4.69) is 17.3 Å². The second-order valence-corrected chi connectivity index (χ2v) is 3.51. The van der Waals surface area contributed by atoms with E-state index in [1.807, 2.05) is 0 Å². The molecule has 2 fully saturated rings. The number of hydrogen-bond donors (Lipinski definition) is 1. The molecule has 2 atom stereocenters. The summed E-state index contributed by atoms with van der Waals surface area (Å²) in [5.41, 5.74) is 0. The first kappa shape index (κ1) is 7.86. The molecule has 0 radical (unpaired) electrons. The van der Waals surface area contributed by atoms with E-state index in [0.717, 1.165) is 13.0 Å². The Hall–Kier alpha value is -0.770. The number of nitrogens with zero attached hydrogens (tertiary/aromatic N) is 1. The highest BCUT2D eigenvalue weighted by molar-refractivity contribution is 5.69. The summed E-state index contributed by atoms with van der Waals surface area (Å²) in [6.45, 7) is 1.80. The van der Waals surface area contributed by atoms with Gasteiger partial charge in [-0.25, -0.2) is 4.79 Å². The van der Waals surface area contributed by atoms with Crippen molar-refractivity contribution in [3.05, 3.63) is 0 Å². The fourth-order valence-corrected chi connectivity index (χ4v) is 2.03. The molecule has 12 heavy (non-hydrogen) atoms. The molecular formula is C8H14N2O2. The van der Waals surface area contributed by atoms with Crippen molar-refractivity contribution in [1.29, 1.82) is 0 Å². The topological polar surface area (TPSA) is 41.6 Å². The number of carbonyl (C=O) groups excluding carboxylic acids is 1. The molecule has 0 saturated carbocycles. The van der Waals surface area contributed by atoms with Gasteiger partial charge in [0.2, 0.25) is 0 Å². The van der Waals surface area contributed by atoms with Crippen LogP contribution in [-0.4, -0.2) is 43.3 Å². The zero-order valence-corrected chi connectivity index (χ0v) is 7.25. The molecular weight excluding hydrogens is 156 g/mol. The van der Waals surface area contributed by atoms with Crippen molar-refractivity contribution >= 4 is 6.09 Å². The number of likely N-dealkylation sites (tertiary alicyclic amines) is 1. The van der Waals surface area contributed by atoms with Crippen LogP contribution in [0.4, 0.5) is 4.79 Å². The van der Waals surface area contributed by atoms with Crippen LogP contribution in [0.5, 0.6) is 0 Å². The van der Waals surface area contributed by atoms with E-state index in [1.165, 1.54) is 6.42 Å². The van der Waals surface area contributed by atoms with Crippen molar-refractivity contribution in [2.45, 2.75) is 25.0 Å². The minimum atomic E-state index is -0.264. The largest absolute Gasteiger partial charge is 0.443 e. The summed E-state index contributed by atoms with van der Waals surface area (Å²) in [5, 5.41) is 2.68. The van der Waals surface area contributed by atoms with E-state index in [9.17, 15) is 4.79 Å². The monoisotopic (exact) mass is 170 g/mol. The number of rotatable bonds is 1. The lowest BCUT2D eigenvalue weighted by molar-refractivity contribution is 0.0893. The molecule has 0 aromatic carbocycles. The van der Waals surface area contributed by atoms with Crippen molar-refractivity contribution in [1.82, 2.24) is 10.2 Å². The predicted molar refractivity (Wildman–Crippen MR) is 43.9 cm³/mol. The second kappa shape index (κ2) is 2.94. The zero-order chi connectivity index (χ0) is 8.55. The fourth-order valence-electron chi connectivity index (χ4n) is 2.03. The molecule has 2 aliphatic heterocycles. The van der Waals surface area contributed by atoms with Gasteiger partial charge < -0.3 is 10.1 Å². The number of hydrogen-bond acceptors (Lipinski definition) is 3. The number of likely N-dealkylation sites (N-methyl/N-ethyl adjacent to an activating group) is 1. The number of carbonyl (C=O) groups is 1. The van der Waals surface area contributed by atoms with Crippen LogP contribution < -0.4 is 5.32 Å². The van der Waals surface area contributed by atoms with Crippen LogP contribution >= 0.6 is 0 Å². The molecule has 2 heterocycles. The van der Waals surface area contributed by atoms with Crippen LogP contribution in [0.15, 0.2) is 0 Å². The molecule has 1 amide bonds. The highest BCUT2D eigenvalue weighted by Crippen LogP contribution is 2.21. The van der Waals surface area contributed by atoms with Crippen molar-refractivity contribution in [2.75, 3.05) is 20.1 Å². The fraction of sp³-hybridized carbons (Fsp3) is 0.875. The summed E-state index contributed by atoms with van der Waals surface area (Å²) >= 11 is 0. The summed E-state index contributed by atoms with van der Waals surface area (Å²) in [6, 6.07) is 0.434. The van der Waals surface area contributed by atoms with Gasteiger partial charge in [-0.05, 0) is 26.4 Å². The molecule has 4 heteroatoms. The first-order valence-corrected chi connectivity index (χ1v) is 4.42. The Morgan fingerprint density at radius 2 is 2.50 bits per heavy atom. The van der Waals surface area contributed by atoms with Crippen LogP contribution in [0.1, 0.15) is 12.8 Å². The highest BCUT2D eigenvalue weighted by Gasteiger charge is 2.35. The van der Waals surface area contributed by atoms with Gasteiger partial charge in [0, 0.05) is 6.04 Å². The van der Waals surface area contributed by atoms with Crippen LogP contribution in [-0.2, 0) is 4.74 Å². The minimum absolute atomic E-state index is 0.0741. The van der Waals surface area contributed by atoms with Gasteiger partial charge in [0.25, 0.3) is 0 Å². The molecule has 0 aliphatic carbocycles. The Morgan fingerprint density at radius 3 is 3.00 bits per heavy atom. The molecule has 0 unspecified atom stereocenters. The number of nitrogens with one attached hydrogen (secondary N) is 1. The first-order valence-electron chi connectivity index (χ1n) is 4.42. The average Bonchev–Trinajstić information content (AvgIpc) is 2.58. The van der Waals surface area contributed by atoms with Gasteiger partial charge in [-0.1, -0.05) is 0 Å². The Bertz CT molecular complexity index is 195. The first-order chi connectivity index (χ1) is 5.77. The van der Waals surface area contributed by atoms with Gasteiger partial charge in [-0.15, -0.1) is 0 Å². The third-order valence-electron chi connectivity index (χ3n) is 2.71. The smallest absolute Gasteiger partial charge is 0.407 e. The van der Waals surface area contributed by atoms with Crippen molar-refractivity contribution < 1.29 is 9.53 Å². The van der Waals surface area contributed by atoms with Gasteiger partial charge in [0.05, 0.1) is 6.54 Å². The van der Waals surface area contributed by atoms with Crippen LogP contribution in [0, 0.1) is 0 Å². The highest BCUT2D eigenvalue weighted by atomic mass is 16.6. The quantitative estimate of drug-likeness (QED) is 0.610. The van der Waals surface area contributed by atoms with Gasteiger partial charge in [0.1, 0.15) is 6.10 Å². The third-order valence-corrected chi connectivity index (χ3v) is 2.71. The zero-order valence-electron chi connectivity index (χ0n) is 7.25. The summed E-state index contributed by atoms with van der Waals surface area (Å²) in [4.78, 5) is 13.0. The summed E-state index contributed by atoms with van der Waals surface area (Å²) < 4.78 is 5.12. The standard InChI is InChI=1S/C8H14N2O2/c1-10-4-2-3-6(10)7-5-9-8(11)12-7/h6-7H,2-5H2,1H3,(H,9,11)/t6-,7-/m0/s1. The van der Waals surface area contributed by atoms with Crippen molar-refractivity contribution in [3.63, 3.8) is 0 Å². The maximum atomic E-state index is 10.8. The molecule has 2 aliphatic rings. The SMILES string of the molecule is CN1CCC[C@H]1[C@@H]1CNC(=O)O1. The maximum Gasteiger partial charge on any atom is 0.407 e. The molecule has 68 valence electrons. The van der Waals surface area contributed by atoms with E-state index < -0.39 is 0 Å². The molecule has 4 nitrogen and oxygen atoms in total. The van der Waals surface area contributed by atoms with E-state index >= 15 is 0 Å². The van der Waals surface area contributed by atoms with Gasteiger partial charge in [-0.2, -0.15) is 0 Å².